The smallest absolute Gasteiger partial charge is 0.0592 e. The van der Waals surface area contributed by atoms with Crippen molar-refractivity contribution in [2.45, 2.75) is 78.6 Å². The highest BCUT2D eigenvalue weighted by Crippen LogP contribution is 2.43. The lowest BCUT2D eigenvalue weighted by Gasteiger charge is -2.42. The van der Waals surface area contributed by atoms with Gasteiger partial charge in [0.05, 0.1) is 8.07 Å². The summed E-state index contributed by atoms with van der Waals surface area (Å²) in [7, 11) is -1.08. The number of rotatable bonds is 6. The zero-order valence-electron chi connectivity index (χ0n) is 12.2. The summed E-state index contributed by atoms with van der Waals surface area (Å²) in [6.45, 7) is 19.5. The topological polar surface area (TPSA) is 0 Å². The quantitative estimate of drug-likeness (QED) is 0.522. The van der Waals surface area contributed by atoms with E-state index >= 15 is 0 Å². The van der Waals surface area contributed by atoms with Crippen molar-refractivity contribution in [3.05, 3.63) is 0 Å². The highest BCUT2D eigenvalue weighted by molar-refractivity contribution is 6.82. The first kappa shape index (κ1) is 15.2. The SMILES string of the molecule is CC(C)C[Si](CC(C)C)(C(C)C)C(C)C. The van der Waals surface area contributed by atoms with Gasteiger partial charge in [0, 0.05) is 0 Å². The molecule has 15 heavy (non-hydrogen) atoms. The van der Waals surface area contributed by atoms with Crippen LogP contribution < -0.4 is 0 Å². The average Bonchev–Trinajstić information content (AvgIpc) is 1.99. The molecule has 0 aliphatic heterocycles. The summed E-state index contributed by atoms with van der Waals surface area (Å²) in [6, 6.07) is 3.03. The molecule has 0 saturated carbocycles. The van der Waals surface area contributed by atoms with Crippen molar-refractivity contribution >= 4 is 8.07 Å². The highest BCUT2D eigenvalue weighted by Gasteiger charge is 2.39. The molecule has 0 N–H and O–H groups in total. The third-order valence-corrected chi connectivity index (χ3v) is 11.6. The number of hydrogen-bond acceptors (Lipinski definition) is 0. The Balaban J connectivity index is 4.90. The van der Waals surface area contributed by atoms with Gasteiger partial charge in [-0.05, 0) is 11.8 Å². The van der Waals surface area contributed by atoms with Gasteiger partial charge < -0.3 is 0 Å². The largest absolute Gasteiger partial charge is 0.0652 e. The van der Waals surface area contributed by atoms with Crippen LogP contribution >= 0.6 is 0 Å². The lowest BCUT2D eigenvalue weighted by atomic mass is 10.3. The Hall–Kier alpha value is 0.217. The maximum absolute atomic E-state index is 2.47. The zero-order valence-corrected chi connectivity index (χ0v) is 13.2. The van der Waals surface area contributed by atoms with E-state index in [0.29, 0.717) is 0 Å². The Morgan fingerprint density at radius 3 is 1.00 bits per heavy atom. The number of hydrogen-bond donors (Lipinski definition) is 0. The molecule has 0 spiro atoms. The van der Waals surface area contributed by atoms with Crippen LogP contribution in [0.25, 0.3) is 0 Å². The summed E-state index contributed by atoms with van der Waals surface area (Å²) in [5.74, 6) is 1.75. The molecule has 0 amide bonds. The predicted molar refractivity (Wildman–Crippen MR) is 75.2 cm³/mol. The summed E-state index contributed by atoms with van der Waals surface area (Å²) in [5.41, 5.74) is 1.87. The van der Waals surface area contributed by atoms with E-state index in [9.17, 15) is 0 Å². The van der Waals surface area contributed by atoms with Gasteiger partial charge in [-0.25, -0.2) is 0 Å². The van der Waals surface area contributed by atoms with Crippen molar-refractivity contribution in [1.29, 1.82) is 0 Å². The minimum absolute atomic E-state index is 0.875. The summed E-state index contributed by atoms with van der Waals surface area (Å²) >= 11 is 0. The van der Waals surface area contributed by atoms with Crippen LogP contribution in [0.2, 0.25) is 23.2 Å². The molecular formula is C14H32Si. The maximum atomic E-state index is 2.47. The van der Waals surface area contributed by atoms with Crippen molar-refractivity contribution < 1.29 is 0 Å². The van der Waals surface area contributed by atoms with Gasteiger partial charge in [0.2, 0.25) is 0 Å². The molecule has 0 atom stereocenters. The van der Waals surface area contributed by atoms with E-state index in [1.165, 1.54) is 12.1 Å². The Bertz CT molecular complexity index is 148. The Kier molecular flexibility index (Phi) is 6.16. The highest BCUT2D eigenvalue weighted by atomic mass is 28.3. The molecule has 0 nitrogen and oxygen atoms in total. The maximum Gasteiger partial charge on any atom is 0.0592 e. The average molecular weight is 228 g/mol. The van der Waals surface area contributed by atoms with Gasteiger partial charge in [0.15, 0.2) is 0 Å². The van der Waals surface area contributed by atoms with E-state index in [-0.39, 0.29) is 0 Å². The van der Waals surface area contributed by atoms with Crippen molar-refractivity contribution in [1.82, 2.24) is 0 Å². The Morgan fingerprint density at radius 1 is 0.600 bits per heavy atom. The summed E-state index contributed by atoms with van der Waals surface area (Å²) < 4.78 is 0. The first-order valence-electron chi connectivity index (χ1n) is 6.72. The Labute approximate surface area is 98.9 Å². The predicted octanol–water partition coefficient (Wildman–Crippen LogP) is 5.57. The van der Waals surface area contributed by atoms with E-state index in [4.69, 9.17) is 0 Å². The van der Waals surface area contributed by atoms with E-state index in [1.54, 1.807) is 0 Å². The van der Waals surface area contributed by atoms with E-state index in [0.717, 1.165) is 22.9 Å². The molecule has 1 heteroatoms. The Morgan fingerprint density at radius 2 is 0.867 bits per heavy atom. The summed E-state index contributed by atoms with van der Waals surface area (Å²) in [5, 5.41) is 0. The molecule has 0 rings (SSSR count). The standard InChI is InChI=1S/C14H32Si/c1-11(2)9-15(13(5)6,14(7)8)10-12(3)4/h11-14H,9-10H2,1-8H3. The fourth-order valence-electron chi connectivity index (χ4n) is 3.21. The van der Waals surface area contributed by atoms with Crippen LogP contribution in [-0.4, -0.2) is 8.07 Å². The molecule has 0 aromatic heterocycles. The second-order valence-corrected chi connectivity index (χ2v) is 12.3. The molecule has 0 fully saturated rings. The minimum Gasteiger partial charge on any atom is -0.0652 e. The van der Waals surface area contributed by atoms with Gasteiger partial charge in [-0.2, -0.15) is 0 Å². The van der Waals surface area contributed by atoms with Crippen molar-refractivity contribution in [3.8, 4) is 0 Å². The lowest BCUT2D eigenvalue weighted by molar-refractivity contribution is 0.644. The van der Waals surface area contributed by atoms with Gasteiger partial charge >= 0.3 is 0 Å². The van der Waals surface area contributed by atoms with Gasteiger partial charge in [0.25, 0.3) is 0 Å². The van der Waals surface area contributed by atoms with Crippen molar-refractivity contribution in [3.63, 3.8) is 0 Å². The van der Waals surface area contributed by atoms with Crippen LogP contribution in [0.3, 0.4) is 0 Å². The van der Waals surface area contributed by atoms with Gasteiger partial charge in [-0.1, -0.05) is 78.6 Å². The van der Waals surface area contributed by atoms with Crippen LogP contribution in [-0.2, 0) is 0 Å². The molecular weight excluding hydrogens is 196 g/mol. The van der Waals surface area contributed by atoms with Gasteiger partial charge in [-0.3, -0.25) is 0 Å². The molecule has 92 valence electrons. The lowest BCUT2D eigenvalue weighted by Crippen LogP contribution is -2.43. The molecule has 0 aromatic rings. The molecule has 0 radical (unpaired) electrons. The van der Waals surface area contributed by atoms with Crippen LogP contribution in [0, 0.1) is 11.8 Å². The van der Waals surface area contributed by atoms with Crippen LogP contribution in [0.4, 0.5) is 0 Å². The van der Waals surface area contributed by atoms with Crippen LogP contribution in [0.1, 0.15) is 55.4 Å². The van der Waals surface area contributed by atoms with Gasteiger partial charge in [0.1, 0.15) is 0 Å². The third-order valence-electron chi connectivity index (χ3n) is 3.88. The van der Waals surface area contributed by atoms with Crippen LogP contribution in [0.5, 0.6) is 0 Å². The van der Waals surface area contributed by atoms with E-state index in [1.807, 2.05) is 0 Å². The van der Waals surface area contributed by atoms with Gasteiger partial charge in [-0.15, -0.1) is 0 Å². The second-order valence-electron chi connectivity index (χ2n) is 6.74. The van der Waals surface area contributed by atoms with Crippen molar-refractivity contribution in [2.75, 3.05) is 0 Å². The van der Waals surface area contributed by atoms with Crippen LogP contribution in [0.15, 0.2) is 0 Å². The summed E-state index contributed by atoms with van der Waals surface area (Å²) in [4.78, 5) is 0. The molecule has 0 heterocycles. The van der Waals surface area contributed by atoms with E-state index < -0.39 is 8.07 Å². The molecule has 0 unspecified atom stereocenters. The normalized spacial score (nSPS) is 13.6. The molecule has 0 aromatic carbocycles. The fourth-order valence-corrected chi connectivity index (χ4v) is 9.64. The monoisotopic (exact) mass is 228 g/mol. The molecule has 0 bridgehead atoms. The molecule has 0 saturated heterocycles. The zero-order chi connectivity index (χ0) is 12.2. The second kappa shape index (κ2) is 6.08. The first-order chi connectivity index (χ1) is 6.72. The molecule has 0 aliphatic rings. The van der Waals surface area contributed by atoms with E-state index in [2.05, 4.69) is 55.4 Å². The first-order valence-corrected chi connectivity index (χ1v) is 9.29. The summed E-state index contributed by atoms with van der Waals surface area (Å²) in [6.07, 6.45) is 0. The minimum atomic E-state index is -1.08. The van der Waals surface area contributed by atoms with Crippen molar-refractivity contribution in [2.24, 2.45) is 11.8 Å². The molecule has 0 aliphatic carbocycles. The third kappa shape index (κ3) is 4.30. The fraction of sp³-hybridized carbons (Fsp3) is 1.00.